The van der Waals surface area contributed by atoms with E-state index in [4.69, 9.17) is 0 Å². The summed E-state index contributed by atoms with van der Waals surface area (Å²) in [5, 5.41) is 3.63. The van der Waals surface area contributed by atoms with Crippen molar-refractivity contribution in [3.63, 3.8) is 0 Å². The summed E-state index contributed by atoms with van der Waals surface area (Å²) in [6, 6.07) is 8.98. The zero-order valence-electron chi connectivity index (χ0n) is 11.2. The molecule has 0 radical (unpaired) electrons. The van der Waals surface area contributed by atoms with Crippen LogP contribution in [0.3, 0.4) is 0 Å². The fourth-order valence-corrected chi connectivity index (χ4v) is 2.73. The van der Waals surface area contributed by atoms with Crippen LogP contribution < -0.4 is 5.32 Å². The molecule has 1 N–H and O–H groups in total. The van der Waals surface area contributed by atoms with Gasteiger partial charge in [-0.3, -0.25) is 0 Å². The number of hydrogen-bond donors (Lipinski definition) is 1. The van der Waals surface area contributed by atoms with Crippen LogP contribution in [0.1, 0.15) is 50.2 Å². The van der Waals surface area contributed by atoms with Crippen LogP contribution in [0.15, 0.2) is 24.3 Å². The highest BCUT2D eigenvalue weighted by atomic mass is 14.9. The Balaban J connectivity index is 1.86. The number of hydrogen-bond acceptors (Lipinski definition) is 1. The molecule has 0 aliphatic heterocycles. The van der Waals surface area contributed by atoms with Crippen LogP contribution in [0.25, 0.3) is 0 Å². The lowest BCUT2D eigenvalue weighted by Gasteiger charge is -2.25. The minimum absolute atomic E-state index is 0.743. The van der Waals surface area contributed by atoms with Crippen LogP contribution in [0.2, 0.25) is 0 Å². The Labute approximate surface area is 106 Å². The molecule has 0 amide bonds. The van der Waals surface area contributed by atoms with Gasteiger partial charge in [0.25, 0.3) is 0 Å². The van der Waals surface area contributed by atoms with Gasteiger partial charge in [0.15, 0.2) is 0 Å². The molecule has 17 heavy (non-hydrogen) atoms. The largest absolute Gasteiger partial charge is 0.316 e. The predicted molar refractivity (Wildman–Crippen MR) is 74.4 cm³/mol. The zero-order valence-corrected chi connectivity index (χ0v) is 11.2. The Morgan fingerprint density at radius 1 is 1.29 bits per heavy atom. The first-order valence-electron chi connectivity index (χ1n) is 7.06. The summed E-state index contributed by atoms with van der Waals surface area (Å²) >= 11 is 0. The van der Waals surface area contributed by atoms with Crippen LogP contribution in [0.4, 0.5) is 0 Å². The molecular weight excluding hydrogens is 206 g/mol. The van der Waals surface area contributed by atoms with E-state index in [9.17, 15) is 0 Å². The summed E-state index contributed by atoms with van der Waals surface area (Å²) in [6.45, 7) is 6.90. The molecule has 1 aliphatic carbocycles. The van der Waals surface area contributed by atoms with E-state index in [0.29, 0.717) is 0 Å². The molecule has 94 valence electrons. The third-order valence-electron chi connectivity index (χ3n) is 3.78. The average Bonchev–Trinajstić information content (AvgIpc) is 2.34. The molecule has 0 aromatic heterocycles. The first-order valence-corrected chi connectivity index (χ1v) is 7.06. The molecular formula is C16H25N. The highest BCUT2D eigenvalue weighted by Crippen LogP contribution is 2.30. The first kappa shape index (κ1) is 12.6. The average molecular weight is 231 g/mol. The highest BCUT2D eigenvalue weighted by Gasteiger charge is 2.18. The van der Waals surface area contributed by atoms with Gasteiger partial charge in [0.05, 0.1) is 0 Å². The van der Waals surface area contributed by atoms with Crippen molar-refractivity contribution in [2.75, 3.05) is 13.1 Å². The maximum atomic E-state index is 3.63. The molecule has 1 atom stereocenters. The van der Waals surface area contributed by atoms with E-state index >= 15 is 0 Å². The minimum Gasteiger partial charge on any atom is -0.316 e. The second-order valence-electron chi connectivity index (χ2n) is 5.67. The molecule has 0 fully saturated rings. The van der Waals surface area contributed by atoms with Gasteiger partial charge in [0.1, 0.15) is 0 Å². The van der Waals surface area contributed by atoms with Crippen LogP contribution in [-0.4, -0.2) is 13.1 Å². The van der Waals surface area contributed by atoms with Gasteiger partial charge >= 0.3 is 0 Å². The Bertz CT molecular complexity index is 343. The summed E-state index contributed by atoms with van der Waals surface area (Å²) in [5.41, 5.74) is 3.17. The molecule has 0 spiro atoms. The summed E-state index contributed by atoms with van der Waals surface area (Å²) in [4.78, 5) is 0. The van der Waals surface area contributed by atoms with E-state index in [1.165, 1.54) is 25.7 Å². The molecule has 0 heterocycles. The second-order valence-corrected chi connectivity index (χ2v) is 5.67. The van der Waals surface area contributed by atoms with Gasteiger partial charge in [0, 0.05) is 6.54 Å². The normalized spacial score (nSPS) is 19.4. The number of benzene rings is 1. The molecule has 1 aromatic carbocycles. The van der Waals surface area contributed by atoms with Crippen LogP contribution in [0, 0.1) is 5.92 Å². The van der Waals surface area contributed by atoms with E-state index < -0.39 is 0 Å². The lowest BCUT2D eigenvalue weighted by Crippen LogP contribution is -2.25. The Morgan fingerprint density at radius 2 is 2.12 bits per heavy atom. The summed E-state index contributed by atoms with van der Waals surface area (Å²) in [7, 11) is 0. The molecule has 0 bridgehead atoms. The van der Waals surface area contributed by atoms with E-state index in [0.717, 1.165) is 24.9 Å². The lowest BCUT2D eigenvalue weighted by atomic mass is 9.83. The summed E-state index contributed by atoms with van der Waals surface area (Å²) in [5.74, 6) is 1.55. The van der Waals surface area contributed by atoms with E-state index in [1.807, 2.05) is 0 Å². The number of aryl methyl sites for hydroxylation is 1. The second kappa shape index (κ2) is 6.20. The monoisotopic (exact) mass is 231 g/mol. The first-order chi connectivity index (χ1) is 8.27. The van der Waals surface area contributed by atoms with Crippen molar-refractivity contribution < 1.29 is 0 Å². The fraction of sp³-hybridized carbons (Fsp3) is 0.625. The SMILES string of the molecule is CC(C)CCNCC1CCCc2ccccc21. The van der Waals surface area contributed by atoms with Crippen molar-refractivity contribution in [1.82, 2.24) is 5.32 Å². The Hall–Kier alpha value is -0.820. The molecule has 0 saturated carbocycles. The van der Waals surface area contributed by atoms with Crippen molar-refractivity contribution in [2.45, 2.75) is 45.4 Å². The molecule has 1 aromatic rings. The van der Waals surface area contributed by atoms with E-state index in [2.05, 4.69) is 43.4 Å². The standard InChI is InChI=1S/C16H25N/c1-13(2)10-11-17-12-15-8-5-7-14-6-3-4-9-16(14)15/h3-4,6,9,13,15,17H,5,7-8,10-12H2,1-2H3. The van der Waals surface area contributed by atoms with E-state index in [-0.39, 0.29) is 0 Å². The molecule has 0 saturated heterocycles. The molecule has 1 heteroatoms. The minimum atomic E-state index is 0.743. The van der Waals surface area contributed by atoms with Gasteiger partial charge in [-0.1, -0.05) is 38.1 Å². The quantitative estimate of drug-likeness (QED) is 0.761. The molecule has 1 unspecified atom stereocenters. The molecule has 1 nitrogen and oxygen atoms in total. The van der Waals surface area contributed by atoms with Crippen molar-refractivity contribution in [3.05, 3.63) is 35.4 Å². The Morgan fingerprint density at radius 3 is 2.94 bits per heavy atom. The maximum Gasteiger partial charge on any atom is 0.00202 e. The topological polar surface area (TPSA) is 12.0 Å². The van der Waals surface area contributed by atoms with Crippen molar-refractivity contribution in [2.24, 2.45) is 5.92 Å². The maximum absolute atomic E-state index is 3.63. The summed E-state index contributed by atoms with van der Waals surface area (Å²) in [6.07, 6.45) is 5.27. The van der Waals surface area contributed by atoms with Gasteiger partial charge in [0.2, 0.25) is 0 Å². The van der Waals surface area contributed by atoms with Crippen molar-refractivity contribution >= 4 is 0 Å². The van der Waals surface area contributed by atoms with Crippen molar-refractivity contribution in [3.8, 4) is 0 Å². The lowest BCUT2D eigenvalue weighted by molar-refractivity contribution is 0.479. The Kier molecular flexibility index (Phi) is 4.61. The number of rotatable bonds is 5. The highest BCUT2D eigenvalue weighted by molar-refractivity contribution is 5.32. The summed E-state index contributed by atoms with van der Waals surface area (Å²) < 4.78 is 0. The van der Waals surface area contributed by atoms with Crippen LogP contribution in [0.5, 0.6) is 0 Å². The van der Waals surface area contributed by atoms with Crippen molar-refractivity contribution in [1.29, 1.82) is 0 Å². The van der Waals surface area contributed by atoms with Crippen LogP contribution in [-0.2, 0) is 6.42 Å². The van der Waals surface area contributed by atoms with Crippen LogP contribution >= 0.6 is 0 Å². The number of fused-ring (bicyclic) bond motifs is 1. The number of nitrogens with one attached hydrogen (secondary N) is 1. The van der Waals surface area contributed by atoms with Gasteiger partial charge in [-0.05, 0) is 55.2 Å². The van der Waals surface area contributed by atoms with Gasteiger partial charge in [-0.25, -0.2) is 0 Å². The molecule has 2 rings (SSSR count). The fourth-order valence-electron chi connectivity index (χ4n) is 2.73. The smallest absolute Gasteiger partial charge is 0.00202 e. The van der Waals surface area contributed by atoms with Gasteiger partial charge in [-0.15, -0.1) is 0 Å². The zero-order chi connectivity index (χ0) is 12.1. The van der Waals surface area contributed by atoms with Gasteiger partial charge < -0.3 is 5.32 Å². The molecule has 1 aliphatic rings. The van der Waals surface area contributed by atoms with E-state index in [1.54, 1.807) is 11.1 Å². The third-order valence-corrected chi connectivity index (χ3v) is 3.78. The van der Waals surface area contributed by atoms with Gasteiger partial charge in [-0.2, -0.15) is 0 Å². The third kappa shape index (κ3) is 3.57. The predicted octanol–water partition coefficient (Wildman–Crippen LogP) is 3.74.